The van der Waals surface area contributed by atoms with E-state index in [1.807, 2.05) is 26.0 Å². The van der Waals surface area contributed by atoms with Crippen molar-refractivity contribution in [2.45, 2.75) is 32.8 Å². The Morgan fingerprint density at radius 1 is 1.31 bits per heavy atom. The highest BCUT2D eigenvalue weighted by molar-refractivity contribution is 5.96. The van der Waals surface area contributed by atoms with Crippen LogP contribution in [-0.2, 0) is 4.74 Å². The molecule has 86 valence electrons. The fourth-order valence-electron chi connectivity index (χ4n) is 2.14. The average molecular weight is 220 g/mol. The van der Waals surface area contributed by atoms with Gasteiger partial charge in [-0.1, -0.05) is 19.1 Å². The predicted octanol–water partition coefficient (Wildman–Crippen LogP) is 2.67. The average Bonchev–Trinajstić information content (AvgIpc) is 2.25. The molecule has 0 radical (unpaired) electrons. The standard InChI is InChI=1S/C13H16O3/c1-7-5-6-10-8(2)9(3)16-13(14)11(10)12(7)15-4/h5-6,8-9H,1-4H3. The fraction of sp³-hybridized carbons (Fsp3) is 0.462. The first kappa shape index (κ1) is 11.0. The zero-order chi connectivity index (χ0) is 11.9. The molecule has 1 aromatic rings. The lowest BCUT2D eigenvalue weighted by atomic mass is 9.88. The molecular formula is C13H16O3. The summed E-state index contributed by atoms with van der Waals surface area (Å²) in [5.41, 5.74) is 2.57. The molecule has 3 heteroatoms. The molecule has 2 rings (SSSR count). The van der Waals surface area contributed by atoms with Crippen molar-refractivity contribution in [3.8, 4) is 5.75 Å². The van der Waals surface area contributed by atoms with E-state index in [9.17, 15) is 4.79 Å². The molecule has 1 aromatic carbocycles. The summed E-state index contributed by atoms with van der Waals surface area (Å²) in [5, 5.41) is 0. The Kier molecular flexibility index (Phi) is 2.62. The summed E-state index contributed by atoms with van der Waals surface area (Å²) in [7, 11) is 1.58. The van der Waals surface area contributed by atoms with Gasteiger partial charge < -0.3 is 9.47 Å². The first-order valence-electron chi connectivity index (χ1n) is 5.44. The largest absolute Gasteiger partial charge is 0.496 e. The van der Waals surface area contributed by atoms with Crippen LogP contribution < -0.4 is 4.74 Å². The van der Waals surface area contributed by atoms with Crippen LogP contribution >= 0.6 is 0 Å². The zero-order valence-corrected chi connectivity index (χ0v) is 10.0. The lowest BCUT2D eigenvalue weighted by Gasteiger charge is -2.29. The molecule has 0 saturated carbocycles. The smallest absolute Gasteiger partial charge is 0.342 e. The zero-order valence-electron chi connectivity index (χ0n) is 10.0. The van der Waals surface area contributed by atoms with Crippen LogP contribution in [0.2, 0.25) is 0 Å². The number of carbonyl (C=O) groups is 1. The second kappa shape index (κ2) is 3.81. The highest BCUT2D eigenvalue weighted by Gasteiger charge is 2.33. The molecule has 1 aliphatic rings. The molecule has 0 aliphatic carbocycles. The Balaban J connectivity index is 2.66. The summed E-state index contributed by atoms with van der Waals surface area (Å²) in [4.78, 5) is 11.9. The first-order valence-corrected chi connectivity index (χ1v) is 5.44. The van der Waals surface area contributed by atoms with Crippen LogP contribution in [0.25, 0.3) is 0 Å². The van der Waals surface area contributed by atoms with E-state index < -0.39 is 0 Å². The van der Waals surface area contributed by atoms with Gasteiger partial charge in [0.05, 0.1) is 7.11 Å². The van der Waals surface area contributed by atoms with Crippen molar-refractivity contribution in [1.29, 1.82) is 0 Å². The van der Waals surface area contributed by atoms with Gasteiger partial charge >= 0.3 is 5.97 Å². The van der Waals surface area contributed by atoms with Crippen LogP contribution in [0.5, 0.6) is 5.75 Å². The van der Waals surface area contributed by atoms with E-state index in [2.05, 4.69) is 6.92 Å². The summed E-state index contributed by atoms with van der Waals surface area (Å²) in [6, 6.07) is 3.98. The van der Waals surface area contributed by atoms with Crippen molar-refractivity contribution in [2.24, 2.45) is 0 Å². The Morgan fingerprint density at radius 2 is 2.00 bits per heavy atom. The van der Waals surface area contributed by atoms with Crippen molar-refractivity contribution >= 4 is 5.97 Å². The number of ether oxygens (including phenoxy) is 2. The first-order chi connectivity index (χ1) is 7.56. The molecular weight excluding hydrogens is 204 g/mol. The SMILES string of the molecule is COc1c(C)ccc2c1C(=O)OC(C)C2C. The second-order valence-electron chi connectivity index (χ2n) is 4.28. The van der Waals surface area contributed by atoms with Gasteiger partial charge in [0.15, 0.2) is 0 Å². The van der Waals surface area contributed by atoms with Crippen molar-refractivity contribution in [3.05, 3.63) is 28.8 Å². The Bertz CT molecular complexity index is 437. The molecule has 0 fully saturated rings. The van der Waals surface area contributed by atoms with Gasteiger partial charge in [0.25, 0.3) is 0 Å². The topological polar surface area (TPSA) is 35.5 Å². The van der Waals surface area contributed by atoms with E-state index in [0.29, 0.717) is 11.3 Å². The van der Waals surface area contributed by atoms with E-state index >= 15 is 0 Å². The van der Waals surface area contributed by atoms with E-state index in [1.165, 1.54) is 0 Å². The summed E-state index contributed by atoms with van der Waals surface area (Å²) in [6.07, 6.45) is -0.0765. The predicted molar refractivity (Wildman–Crippen MR) is 61.0 cm³/mol. The Hall–Kier alpha value is -1.51. The molecule has 1 aliphatic heterocycles. The quantitative estimate of drug-likeness (QED) is 0.682. The number of carbonyl (C=O) groups excluding carboxylic acids is 1. The van der Waals surface area contributed by atoms with E-state index in [1.54, 1.807) is 7.11 Å². The van der Waals surface area contributed by atoms with Crippen LogP contribution in [0.15, 0.2) is 12.1 Å². The molecule has 0 bridgehead atoms. The minimum Gasteiger partial charge on any atom is -0.496 e. The number of benzene rings is 1. The molecule has 0 saturated heterocycles. The van der Waals surface area contributed by atoms with Gasteiger partial charge in [-0.05, 0) is 25.0 Å². The number of aryl methyl sites for hydroxylation is 1. The van der Waals surface area contributed by atoms with Crippen LogP contribution in [0.3, 0.4) is 0 Å². The molecule has 2 unspecified atom stereocenters. The third kappa shape index (κ3) is 1.47. The van der Waals surface area contributed by atoms with Gasteiger partial charge in [0.2, 0.25) is 0 Å². The Labute approximate surface area is 95.4 Å². The monoisotopic (exact) mass is 220 g/mol. The molecule has 0 amide bonds. The summed E-state index contributed by atoms with van der Waals surface area (Å²) >= 11 is 0. The lowest BCUT2D eigenvalue weighted by Crippen LogP contribution is -2.29. The van der Waals surface area contributed by atoms with E-state index in [4.69, 9.17) is 9.47 Å². The van der Waals surface area contributed by atoms with Crippen molar-refractivity contribution < 1.29 is 14.3 Å². The maximum Gasteiger partial charge on any atom is 0.342 e. The van der Waals surface area contributed by atoms with Crippen LogP contribution in [0.1, 0.15) is 41.3 Å². The minimum absolute atomic E-state index is 0.0765. The van der Waals surface area contributed by atoms with E-state index in [-0.39, 0.29) is 18.0 Å². The summed E-state index contributed by atoms with van der Waals surface area (Å²) in [6.45, 7) is 5.90. The highest BCUT2D eigenvalue weighted by atomic mass is 16.5. The number of cyclic esters (lactones) is 1. The van der Waals surface area contributed by atoms with Gasteiger partial charge in [0, 0.05) is 5.92 Å². The van der Waals surface area contributed by atoms with Crippen molar-refractivity contribution in [1.82, 2.24) is 0 Å². The molecule has 0 aromatic heterocycles. The van der Waals surface area contributed by atoms with Crippen LogP contribution in [0.4, 0.5) is 0 Å². The van der Waals surface area contributed by atoms with Gasteiger partial charge in [-0.15, -0.1) is 0 Å². The maximum absolute atomic E-state index is 11.9. The lowest BCUT2D eigenvalue weighted by molar-refractivity contribution is 0.0236. The Morgan fingerprint density at radius 3 is 2.62 bits per heavy atom. The molecule has 2 atom stereocenters. The number of fused-ring (bicyclic) bond motifs is 1. The molecule has 16 heavy (non-hydrogen) atoms. The van der Waals surface area contributed by atoms with Gasteiger partial charge in [-0.2, -0.15) is 0 Å². The van der Waals surface area contributed by atoms with Gasteiger partial charge in [-0.25, -0.2) is 4.79 Å². The highest BCUT2D eigenvalue weighted by Crippen LogP contribution is 2.37. The third-order valence-corrected chi connectivity index (χ3v) is 3.28. The van der Waals surface area contributed by atoms with Crippen LogP contribution in [0, 0.1) is 6.92 Å². The molecule has 1 heterocycles. The molecule has 0 N–H and O–H groups in total. The number of hydrogen-bond donors (Lipinski definition) is 0. The number of hydrogen-bond acceptors (Lipinski definition) is 3. The normalized spacial score (nSPS) is 23.6. The second-order valence-corrected chi connectivity index (χ2v) is 4.28. The molecule has 3 nitrogen and oxygen atoms in total. The molecule has 0 spiro atoms. The summed E-state index contributed by atoms with van der Waals surface area (Å²) < 4.78 is 10.6. The maximum atomic E-state index is 11.9. The van der Waals surface area contributed by atoms with Gasteiger partial charge in [-0.3, -0.25) is 0 Å². The van der Waals surface area contributed by atoms with Crippen molar-refractivity contribution in [3.63, 3.8) is 0 Å². The number of methoxy groups -OCH3 is 1. The minimum atomic E-state index is -0.277. The van der Waals surface area contributed by atoms with Gasteiger partial charge in [0.1, 0.15) is 17.4 Å². The third-order valence-electron chi connectivity index (χ3n) is 3.28. The summed E-state index contributed by atoms with van der Waals surface area (Å²) in [5.74, 6) is 0.574. The van der Waals surface area contributed by atoms with E-state index in [0.717, 1.165) is 11.1 Å². The van der Waals surface area contributed by atoms with Crippen LogP contribution in [-0.4, -0.2) is 19.2 Å². The van der Waals surface area contributed by atoms with Crippen molar-refractivity contribution in [2.75, 3.05) is 7.11 Å². The number of rotatable bonds is 1. The fourth-order valence-corrected chi connectivity index (χ4v) is 2.14. The number of esters is 1.